The summed E-state index contributed by atoms with van der Waals surface area (Å²) in [6.45, 7) is -0.319. The lowest BCUT2D eigenvalue weighted by atomic mass is 10.0. The van der Waals surface area contributed by atoms with E-state index in [4.69, 9.17) is 5.73 Å². The highest BCUT2D eigenvalue weighted by Crippen LogP contribution is 2.49. The molecule has 0 unspecified atom stereocenters. The summed E-state index contributed by atoms with van der Waals surface area (Å²) in [6, 6.07) is 0. The standard InChI is InChI=1S/C9H13F6NO/c10-8(11,12)6(9(13,14)15)17-5-7(1-2-7)3-4-16/h6H,1-5,16H2. The predicted molar refractivity (Wildman–Crippen MR) is 47.2 cm³/mol. The van der Waals surface area contributed by atoms with Gasteiger partial charge in [-0.3, -0.25) is 0 Å². The molecule has 8 heteroatoms. The van der Waals surface area contributed by atoms with Crippen LogP contribution in [-0.2, 0) is 4.74 Å². The summed E-state index contributed by atoms with van der Waals surface area (Å²) < 4.78 is 76.8. The molecule has 0 aromatic carbocycles. The minimum Gasteiger partial charge on any atom is -0.360 e. The van der Waals surface area contributed by atoms with Crippen LogP contribution in [0.3, 0.4) is 0 Å². The van der Waals surface area contributed by atoms with Gasteiger partial charge in [0.1, 0.15) is 0 Å². The van der Waals surface area contributed by atoms with Crippen LogP contribution in [0.2, 0.25) is 0 Å². The lowest BCUT2D eigenvalue weighted by Gasteiger charge is -2.25. The Morgan fingerprint density at radius 2 is 1.53 bits per heavy atom. The average Bonchev–Trinajstić information content (AvgIpc) is 2.80. The molecule has 1 saturated carbocycles. The van der Waals surface area contributed by atoms with Gasteiger partial charge in [0.15, 0.2) is 0 Å². The van der Waals surface area contributed by atoms with Gasteiger partial charge < -0.3 is 10.5 Å². The second-order valence-electron chi connectivity index (χ2n) is 4.31. The van der Waals surface area contributed by atoms with Gasteiger partial charge in [-0.1, -0.05) is 0 Å². The summed E-state index contributed by atoms with van der Waals surface area (Å²) in [7, 11) is 0. The second-order valence-corrected chi connectivity index (χ2v) is 4.31. The Hall–Kier alpha value is -0.500. The number of ether oxygens (including phenoxy) is 1. The highest BCUT2D eigenvalue weighted by atomic mass is 19.4. The molecule has 1 fully saturated rings. The van der Waals surface area contributed by atoms with Crippen molar-refractivity contribution in [1.29, 1.82) is 0 Å². The average molecular weight is 265 g/mol. The Morgan fingerprint density at radius 3 is 1.82 bits per heavy atom. The van der Waals surface area contributed by atoms with Crippen LogP contribution >= 0.6 is 0 Å². The van der Waals surface area contributed by atoms with Gasteiger partial charge in [0.25, 0.3) is 0 Å². The Bertz CT molecular complexity index is 243. The molecule has 0 amide bonds. The van der Waals surface area contributed by atoms with Crippen LogP contribution < -0.4 is 5.73 Å². The zero-order valence-electron chi connectivity index (χ0n) is 8.87. The number of hydrogen-bond acceptors (Lipinski definition) is 2. The van der Waals surface area contributed by atoms with E-state index in [9.17, 15) is 26.3 Å². The molecule has 0 heterocycles. The molecule has 1 aliphatic carbocycles. The molecule has 1 rings (SSSR count). The van der Waals surface area contributed by atoms with E-state index in [0.717, 1.165) is 0 Å². The lowest BCUT2D eigenvalue weighted by Crippen LogP contribution is -2.45. The van der Waals surface area contributed by atoms with Crippen molar-refractivity contribution in [2.24, 2.45) is 11.1 Å². The molecule has 0 atom stereocenters. The topological polar surface area (TPSA) is 35.2 Å². The summed E-state index contributed by atoms with van der Waals surface area (Å²) >= 11 is 0. The number of rotatable bonds is 5. The van der Waals surface area contributed by atoms with Gasteiger partial charge in [0, 0.05) is 0 Å². The maximum Gasteiger partial charge on any atom is 0.423 e. The molecular weight excluding hydrogens is 252 g/mol. The number of hydrogen-bond donors (Lipinski definition) is 1. The summed E-state index contributed by atoms with van der Waals surface area (Å²) in [5.74, 6) is 0. The quantitative estimate of drug-likeness (QED) is 0.775. The summed E-state index contributed by atoms with van der Waals surface area (Å²) in [6.07, 6.45) is -13.1. The molecule has 0 radical (unpaired) electrons. The maximum absolute atomic E-state index is 12.1. The normalized spacial score (nSPS) is 19.8. The third kappa shape index (κ3) is 4.02. The van der Waals surface area contributed by atoms with Crippen LogP contribution in [0.4, 0.5) is 26.3 Å². The SMILES string of the molecule is NCCC1(COC(C(F)(F)F)C(F)(F)F)CC1. The van der Waals surface area contributed by atoms with Crippen molar-refractivity contribution in [3.8, 4) is 0 Å². The first-order valence-electron chi connectivity index (χ1n) is 5.06. The molecular formula is C9H13F6NO. The summed E-state index contributed by atoms with van der Waals surface area (Å²) in [5.41, 5.74) is 4.65. The van der Waals surface area contributed by atoms with Gasteiger partial charge >= 0.3 is 12.4 Å². The van der Waals surface area contributed by atoms with Crippen LogP contribution in [0.5, 0.6) is 0 Å². The molecule has 17 heavy (non-hydrogen) atoms. The molecule has 2 N–H and O–H groups in total. The number of nitrogens with two attached hydrogens (primary N) is 1. The molecule has 0 bridgehead atoms. The fourth-order valence-electron chi connectivity index (χ4n) is 1.58. The Morgan fingerprint density at radius 1 is 1.06 bits per heavy atom. The minimum atomic E-state index is -5.43. The first-order valence-corrected chi connectivity index (χ1v) is 5.06. The van der Waals surface area contributed by atoms with Crippen molar-refractivity contribution in [2.45, 2.75) is 37.7 Å². The summed E-state index contributed by atoms with van der Waals surface area (Å²) in [4.78, 5) is 0. The van der Waals surface area contributed by atoms with E-state index in [1.54, 1.807) is 0 Å². The van der Waals surface area contributed by atoms with E-state index in [2.05, 4.69) is 4.74 Å². The third-order valence-corrected chi connectivity index (χ3v) is 2.78. The van der Waals surface area contributed by atoms with Crippen LogP contribution in [0.1, 0.15) is 19.3 Å². The van der Waals surface area contributed by atoms with Crippen LogP contribution in [-0.4, -0.2) is 31.6 Å². The first kappa shape index (κ1) is 14.6. The lowest BCUT2D eigenvalue weighted by molar-refractivity contribution is -0.324. The smallest absolute Gasteiger partial charge is 0.360 e. The molecule has 0 aliphatic heterocycles. The van der Waals surface area contributed by atoms with E-state index in [-0.39, 0.29) is 6.54 Å². The predicted octanol–water partition coefficient (Wildman–Crippen LogP) is 2.63. The van der Waals surface area contributed by atoms with Crippen molar-refractivity contribution in [1.82, 2.24) is 0 Å². The van der Waals surface area contributed by atoms with Crippen molar-refractivity contribution in [2.75, 3.05) is 13.2 Å². The van der Waals surface area contributed by atoms with Crippen LogP contribution in [0.25, 0.3) is 0 Å². The monoisotopic (exact) mass is 265 g/mol. The van der Waals surface area contributed by atoms with E-state index in [1.807, 2.05) is 0 Å². The van der Waals surface area contributed by atoms with Crippen molar-refractivity contribution in [3.05, 3.63) is 0 Å². The zero-order chi connectivity index (χ0) is 13.3. The van der Waals surface area contributed by atoms with E-state index in [0.29, 0.717) is 19.3 Å². The molecule has 0 aromatic rings. The number of halogens is 6. The highest BCUT2D eigenvalue weighted by Gasteiger charge is 2.59. The molecule has 102 valence electrons. The van der Waals surface area contributed by atoms with Crippen molar-refractivity contribution >= 4 is 0 Å². The summed E-state index contributed by atoms with van der Waals surface area (Å²) in [5, 5.41) is 0. The van der Waals surface area contributed by atoms with E-state index >= 15 is 0 Å². The van der Waals surface area contributed by atoms with Crippen molar-refractivity contribution in [3.63, 3.8) is 0 Å². The molecule has 0 aromatic heterocycles. The molecule has 0 spiro atoms. The van der Waals surface area contributed by atoms with Crippen molar-refractivity contribution < 1.29 is 31.1 Å². The molecule has 0 saturated heterocycles. The van der Waals surface area contributed by atoms with Gasteiger partial charge in [-0.2, -0.15) is 26.3 Å². The maximum atomic E-state index is 12.1. The highest BCUT2D eigenvalue weighted by molar-refractivity contribution is 4.94. The van der Waals surface area contributed by atoms with Gasteiger partial charge in [-0.05, 0) is 31.2 Å². The fraction of sp³-hybridized carbons (Fsp3) is 1.00. The Balaban J connectivity index is 2.57. The first-order chi connectivity index (χ1) is 7.61. The second kappa shape index (κ2) is 4.64. The fourth-order valence-corrected chi connectivity index (χ4v) is 1.58. The Kier molecular flexibility index (Phi) is 3.97. The van der Waals surface area contributed by atoms with E-state index in [1.165, 1.54) is 0 Å². The Labute approximate surface area is 94.1 Å². The zero-order valence-corrected chi connectivity index (χ0v) is 8.87. The van der Waals surface area contributed by atoms with Crippen LogP contribution in [0.15, 0.2) is 0 Å². The van der Waals surface area contributed by atoms with Gasteiger partial charge in [0.2, 0.25) is 6.10 Å². The largest absolute Gasteiger partial charge is 0.423 e. The van der Waals surface area contributed by atoms with Crippen LogP contribution in [0, 0.1) is 5.41 Å². The number of alkyl halides is 6. The third-order valence-electron chi connectivity index (χ3n) is 2.78. The van der Waals surface area contributed by atoms with E-state index < -0.39 is 30.5 Å². The molecule has 2 nitrogen and oxygen atoms in total. The molecule has 1 aliphatic rings. The van der Waals surface area contributed by atoms with Gasteiger partial charge in [0.05, 0.1) is 6.61 Å². The van der Waals surface area contributed by atoms with Gasteiger partial charge in [-0.25, -0.2) is 0 Å². The van der Waals surface area contributed by atoms with Gasteiger partial charge in [-0.15, -0.1) is 0 Å². The minimum absolute atomic E-state index is 0.228.